The third kappa shape index (κ3) is 6.69. The monoisotopic (exact) mass is 504 g/mol. The van der Waals surface area contributed by atoms with Crippen molar-refractivity contribution in [3.8, 4) is 0 Å². The van der Waals surface area contributed by atoms with Crippen LogP contribution in [0.1, 0.15) is 48.5 Å². The van der Waals surface area contributed by atoms with Crippen molar-refractivity contribution >= 4 is 29.0 Å². The van der Waals surface area contributed by atoms with Gasteiger partial charge in [-0.1, -0.05) is 6.92 Å². The Balaban J connectivity index is 1.46. The van der Waals surface area contributed by atoms with Gasteiger partial charge in [-0.15, -0.1) is 0 Å². The third-order valence-electron chi connectivity index (χ3n) is 6.61. The summed E-state index contributed by atoms with van der Waals surface area (Å²) < 4.78 is 43.9. The van der Waals surface area contributed by atoms with Crippen LogP contribution in [0.25, 0.3) is 0 Å². The number of benzene rings is 2. The third-order valence-corrected chi connectivity index (χ3v) is 6.61. The molecule has 4 rings (SSSR count). The second kappa shape index (κ2) is 11.2. The maximum atomic E-state index is 13.2. The first kappa shape index (κ1) is 25.8. The number of piperidine rings is 1. The average Bonchev–Trinajstić information content (AvgIpc) is 3.37. The molecule has 0 bridgehead atoms. The van der Waals surface area contributed by atoms with Gasteiger partial charge in [0.25, 0.3) is 5.91 Å². The molecule has 7 nitrogen and oxygen atoms in total. The molecular formula is C26H31F3N4O3. The highest BCUT2D eigenvalue weighted by molar-refractivity contribution is 6.04. The van der Waals surface area contributed by atoms with Crippen LogP contribution in [0.4, 0.5) is 35.0 Å². The van der Waals surface area contributed by atoms with Crippen LogP contribution in [0.15, 0.2) is 42.5 Å². The van der Waals surface area contributed by atoms with Crippen LogP contribution >= 0.6 is 0 Å². The largest absolute Gasteiger partial charge is 0.416 e. The van der Waals surface area contributed by atoms with E-state index in [9.17, 15) is 22.8 Å². The van der Waals surface area contributed by atoms with Gasteiger partial charge in [0.05, 0.1) is 17.2 Å². The van der Waals surface area contributed by atoms with Crippen LogP contribution in [0.3, 0.4) is 0 Å². The Morgan fingerprint density at radius 1 is 1.00 bits per heavy atom. The summed E-state index contributed by atoms with van der Waals surface area (Å²) in [5, 5.41) is 8.14. The molecule has 2 aromatic carbocycles. The molecule has 0 saturated carbocycles. The van der Waals surface area contributed by atoms with E-state index in [0.29, 0.717) is 30.3 Å². The molecule has 1 atom stereocenters. The number of alkyl halides is 3. The lowest BCUT2D eigenvalue weighted by molar-refractivity contribution is -0.137. The molecule has 2 saturated heterocycles. The Morgan fingerprint density at radius 3 is 2.31 bits per heavy atom. The number of halogens is 3. The van der Waals surface area contributed by atoms with Gasteiger partial charge in [0.1, 0.15) is 0 Å². The average molecular weight is 505 g/mol. The zero-order chi connectivity index (χ0) is 25.7. The summed E-state index contributed by atoms with van der Waals surface area (Å²) in [5.74, 6) is 0.388. The highest BCUT2D eigenvalue weighted by Crippen LogP contribution is 2.31. The summed E-state index contributed by atoms with van der Waals surface area (Å²) >= 11 is 0. The first-order valence-electron chi connectivity index (χ1n) is 12.2. The number of nitrogens with one attached hydrogen (secondary N) is 3. The van der Waals surface area contributed by atoms with Crippen molar-refractivity contribution in [3.63, 3.8) is 0 Å². The summed E-state index contributed by atoms with van der Waals surface area (Å²) in [7, 11) is 0. The van der Waals surface area contributed by atoms with Gasteiger partial charge in [-0.05, 0) is 74.1 Å². The van der Waals surface area contributed by atoms with Crippen LogP contribution in [0, 0.1) is 5.92 Å². The van der Waals surface area contributed by atoms with E-state index in [4.69, 9.17) is 4.74 Å². The van der Waals surface area contributed by atoms with Crippen molar-refractivity contribution in [3.05, 3.63) is 53.6 Å². The van der Waals surface area contributed by atoms with Gasteiger partial charge in [0, 0.05) is 43.3 Å². The number of urea groups is 1. The van der Waals surface area contributed by atoms with E-state index in [1.165, 1.54) is 12.1 Å². The maximum absolute atomic E-state index is 13.2. The van der Waals surface area contributed by atoms with Gasteiger partial charge in [0.15, 0.2) is 0 Å². The normalized spacial score (nSPS) is 18.7. The lowest BCUT2D eigenvalue weighted by Crippen LogP contribution is -2.36. The molecule has 3 amide bonds. The zero-order valence-electron chi connectivity index (χ0n) is 20.2. The molecule has 3 N–H and O–H groups in total. The standard InChI is InChI=1S/C26H31F3N4O3/c1-17-10-12-33(13-11-17)23-9-8-20(15-22(23)24(34)30-16-21-3-2-14-36-21)32-25(35)31-19-6-4-18(5-7-19)26(27,28)29/h4-9,15,17,21H,2-3,10-14,16H2,1H3,(H,30,34)(H2,31,32,35). The minimum absolute atomic E-state index is 0.00376. The van der Waals surface area contributed by atoms with Crippen molar-refractivity contribution in [1.29, 1.82) is 0 Å². The van der Waals surface area contributed by atoms with Crippen molar-refractivity contribution in [2.24, 2.45) is 5.92 Å². The fourth-order valence-corrected chi connectivity index (χ4v) is 4.46. The molecule has 0 aromatic heterocycles. The first-order valence-corrected chi connectivity index (χ1v) is 12.2. The smallest absolute Gasteiger partial charge is 0.376 e. The van der Waals surface area contributed by atoms with E-state index >= 15 is 0 Å². The van der Waals surface area contributed by atoms with E-state index in [1.807, 2.05) is 6.07 Å². The molecule has 2 aromatic rings. The number of carbonyl (C=O) groups is 2. The molecule has 36 heavy (non-hydrogen) atoms. The molecule has 2 heterocycles. The molecule has 194 valence electrons. The minimum atomic E-state index is -4.45. The van der Waals surface area contributed by atoms with E-state index in [1.54, 1.807) is 12.1 Å². The summed E-state index contributed by atoms with van der Waals surface area (Å²) in [5.41, 5.74) is 1.08. The molecule has 2 aliphatic heterocycles. The number of hydrogen-bond acceptors (Lipinski definition) is 4. The van der Waals surface area contributed by atoms with Gasteiger partial charge in [-0.2, -0.15) is 13.2 Å². The number of carbonyl (C=O) groups excluding carboxylic acids is 2. The molecule has 2 aliphatic rings. The van der Waals surface area contributed by atoms with Crippen LogP contribution in [-0.2, 0) is 10.9 Å². The molecule has 1 unspecified atom stereocenters. The fourth-order valence-electron chi connectivity index (χ4n) is 4.46. The molecule has 2 fully saturated rings. The van der Waals surface area contributed by atoms with Gasteiger partial charge in [-0.3, -0.25) is 4.79 Å². The quantitative estimate of drug-likeness (QED) is 0.486. The van der Waals surface area contributed by atoms with Gasteiger partial charge >= 0.3 is 12.2 Å². The highest BCUT2D eigenvalue weighted by atomic mass is 19.4. The minimum Gasteiger partial charge on any atom is -0.376 e. The van der Waals surface area contributed by atoms with E-state index < -0.39 is 17.8 Å². The van der Waals surface area contributed by atoms with Crippen LogP contribution < -0.4 is 20.9 Å². The maximum Gasteiger partial charge on any atom is 0.416 e. The predicted octanol–water partition coefficient (Wildman–Crippen LogP) is 5.49. The Hall–Kier alpha value is -3.27. The summed E-state index contributed by atoms with van der Waals surface area (Å²) in [4.78, 5) is 27.8. The second-order valence-corrected chi connectivity index (χ2v) is 9.40. The predicted molar refractivity (Wildman–Crippen MR) is 132 cm³/mol. The lowest BCUT2D eigenvalue weighted by Gasteiger charge is -2.33. The van der Waals surface area contributed by atoms with Crippen molar-refractivity contribution < 1.29 is 27.5 Å². The summed E-state index contributed by atoms with van der Waals surface area (Å²) in [6.07, 6.45) is -0.493. The molecule has 10 heteroatoms. The number of rotatable bonds is 6. The number of ether oxygens (including phenoxy) is 1. The molecule has 0 radical (unpaired) electrons. The Labute approximate surface area is 208 Å². The second-order valence-electron chi connectivity index (χ2n) is 9.40. The van der Waals surface area contributed by atoms with E-state index in [-0.39, 0.29) is 17.7 Å². The van der Waals surface area contributed by atoms with Crippen LogP contribution in [0.2, 0.25) is 0 Å². The van der Waals surface area contributed by atoms with Gasteiger partial charge in [-0.25, -0.2) is 4.79 Å². The van der Waals surface area contributed by atoms with Crippen molar-refractivity contribution in [1.82, 2.24) is 5.32 Å². The van der Waals surface area contributed by atoms with E-state index in [2.05, 4.69) is 27.8 Å². The van der Waals surface area contributed by atoms with Gasteiger partial charge < -0.3 is 25.6 Å². The SMILES string of the molecule is CC1CCN(c2ccc(NC(=O)Nc3ccc(C(F)(F)F)cc3)cc2C(=O)NCC2CCCO2)CC1. The van der Waals surface area contributed by atoms with Crippen LogP contribution in [0.5, 0.6) is 0 Å². The fraction of sp³-hybridized carbons (Fsp3) is 0.462. The number of amides is 3. The van der Waals surface area contributed by atoms with Crippen molar-refractivity contribution in [2.45, 2.75) is 44.9 Å². The molecular weight excluding hydrogens is 473 g/mol. The van der Waals surface area contributed by atoms with E-state index in [0.717, 1.165) is 56.6 Å². The van der Waals surface area contributed by atoms with Gasteiger partial charge in [0.2, 0.25) is 0 Å². The topological polar surface area (TPSA) is 82.7 Å². The van der Waals surface area contributed by atoms with Crippen LogP contribution in [-0.4, -0.2) is 44.3 Å². The summed E-state index contributed by atoms with van der Waals surface area (Å²) in [6.45, 7) is 5.02. The molecule has 0 aliphatic carbocycles. The lowest BCUT2D eigenvalue weighted by atomic mass is 9.97. The molecule has 0 spiro atoms. The number of nitrogens with zero attached hydrogens (tertiary/aromatic N) is 1. The Morgan fingerprint density at radius 2 is 1.67 bits per heavy atom. The Bertz CT molecular complexity index is 1060. The number of hydrogen-bond donors (Lipinski definition) is 3. The zero-order valence-corrected chi connectivity index (χ0v) is 20.2. The highest BCUT2D eigenvalue weighted by Gasteiger charge is 2.30. The van der Waals surface area contributed by atoms with Crippen molar-refractivity contribution in [2.75, 3.05) is 41.8 Å². The number of anilines is 3. The summed E-state index contributed by atoms with van der Waals surface area (Å²) in [6, 6.07) is 8.73. The Kier molecular flexibility index (Phi) is 8.03. The first-order chi connectivity index (χ1) is 17.2.